The Hall–Kier alpha value is -2.01. The van der Waals surface area contributed by atoms with Gasteiger partial charge in [-0.25, -0.2) is 0 Å². The first-order valence-electron chi connectivity index (χ1n) is 8.85. The molecule has 1 atom stereocenters. The van der Waals surface area contributed by atoms with E-state index in [1.165, 1.54) is 4.90 Å². The first kappa shape index (κ1) is 19.7. The van der Waals surface area contributed by atoms with Gasteiger partial charge >= 0.3 is 0 Å². The minimum Gasteiger partial charge on any atom is -0.503 e. The van der Waals surface area contributed by atoms with Crippen molar-refractivity contribution >= 4 is 34.7 Å². The molecular formula is C21H21Cl2NO3. The highest BCUT2D eigenvalue weighted by Gasteiger charge is 2.51. The van der Waals surface area contributed by atoms with E-state index in [9.17, 15) is 15.0 Å². The van der Waals surface area contributed by atoms with E-state index in [0.717, 1.165) is 18.4 Å². The Balaban J connectivity index is 2.07. The van der Waals surface area contributed by atoms with E-state index in [1.807, 2.05) is 6.92 Å². The van der Waals surface area contributed by atoms with Gasteiger partial charge in [0.2, 0.25) is 0 Å². The molecule has 1 aliphatic heterocycles. The van der Waals surface area contributed by atoms with E-state index in [-0.39, 0.29) is 12.0 Å². The average Bonchev–Trinajstić information content (AvgIpc) is 2.82. The maximum atomic E-state index is 12.7. The van der Waals surface area contributed by atoms with Crippen molar-refractivity contribution in [3.05, 3.63) is 75.5 Å². The SMILES string of the molecule is CCCCN1C(=O)C(O)=C(c2ccc(Cl)cc2)C1(O)Cc1ccc(Cl)cc1. The van der Waals surface area contributed by atoms with Gasteiger partial charge < -0.3 is 15.1 Å². The van der Waals surface area contributed by atoms with Crippen LogP contribution in [-0.4, -0.2) is 33.3 Å². The first-order chi connectivity index (χ1) is 12.9. The zero-order chi connectivity index (χ0) is 19.6. The molecule has 0 aromatic heterocycles. The molecule has 2 aromatic carbocycles. The molecule has 3 rings (SSSR count). The van der Waals surface area contributed by atoms with Gasteiger partial charge in [-0.05, 0) is 41.8 Å². The molecular weight excluding hydrogens is 385 g/mol. The summed E-state index contributed by atoms with van der Waals surface area (Å²) in [6.07, 6.45) is 1.72. The Morgan fingerprint density at radius 1 is 1.00 bits per heavy atom. The zero-order valence-electron chi connectivity index (χ0n) is 15.0. The summed E-state index contributed by atoms with van der Waals surface area (Å²) in [6, 6.07) is 13.8. The van der Waals surface area contributed by atoms with Gasteiger partial charge in [0.05, 0.1) is 5.57 Å². The molecule has 1 amide bonds. The van der Waals surface area contributed by atoms with E-state index in [1.54, 1.807) is 48.5 Å². The number of rotatable bonds is 6. The average molecular weight is 406 g/mol. The van der Waals surface area contributed by atoms with Crippen LogP contribution in [0.25, 0.3) is 5.57 Å². The van der Waals surface area contributed by atoms with Gasteiger partial charge in [-0.1, -0.05) is 60.8 Å². The van der Waals surface area contributed by atoms with Crippen LogP contribution in [0.4, 0.5) is 0 Å². The fourth-order valence-electron chi connectivity index (χ4n) is 3.39. The lowest BCUT2D eigenvalue weighted by atomic mass is 9.90. The lowest BCUT2D eigenvalue weighted by Crippen LogP contribution is -2.50. The minimum absolute atomic E-state index is 0.141. The maximum absolute atomic E-state index is 12.7. The van der Waals surface area contributed by atoms with Crippen LogP contribution in [0.3, 0.4) is 0 Å². The minimum atomic E-state index is -1.65. The lowest BCUT2D eigenvalue weighted by molar-refractivity contribution is -0.142. The van der Waals surface area contributed by atoms with E-state index in [4.69, 9.17) is 23.2 Å². The van der Waals surface area contributed by atoms with Gasteiger partial charge in [0.1, 0.15) is 0 Å². The largest absolute Gasteiger partial charge is 0.503 e. The van der Waals surface area contributed by atoms with Crippen LogP contribution < -0.4 is 0 Å². The van der Waals surface area contributed by atoms with Crippen molar-refractivity contribution in [2.75, 3.05) is 6.54 Å². The number of carbonyl (C=O) groups excluding carboxylic acids is 1. The van der Waals surface area contributed by atoms with Crippen molar-refractivity contribution in [1.82, 2.24) is 4.90 Å². The van der Waals surface area contributed by atoms with Gasteiger partial charge in [-0.3, -0.25) is 4.79 Å². The van der Waals surface area contributed by atoms with Gasteiger partial charge in [0.25, 0.3) is 5.91 Å². The Bertz CT molecular complexity index is 862. The number of nitrogens with zero attached hydrogens (tertiary/aromatic N) is 1. The van der Waals surface area contributed by atoms with Crippen molar-refractivity contribution in [2.45, 2.75) is 31.9 Å². The molecule has 0 spiro atoms. The Morgan fingerprint density at radius 3 is 2.11 bits per heavy atom. The number of unbranched alkanes of at least 4 members (excludes halogenated alkanes) is 1. The Labute approximate surface area is 168 Å². The van der Waals surface area contributed by atoms with Crippen molar-refractivity contribution < 1.29 is 15.0 Å². The summed E-state index contributed by atoms with van der Waals surface area (Å²) < 4.78 is 0. The first-order valence-corrected chi connectivity index (χ1v) is 9.61. The molecule has 6 heteroatoms. The van der Waals surface area contributed by atoms with E-state index < -0.39 is 17.4 Å². The summed E-state index contributed by atoms with van der Waals surface area (Å²) in [6.45, 7) is 2.35. The number of halogens is 2. The molecule has 0 radical (unpaired) electrons. The fraction of sp³-hybridized carbons (Fsp3) is 0.286. The Morgan fingerprint density at radius 2 is 1.56 bits per heavy atom. The number of aliphatic hydroxyl groups excluding tert-OH is 1. The highest BCUT2D eigenvalue weighted by atomic mass is 35.5. The Kier molecular flexibility index (Phi) is 5.80. The highest BCUT2D eigenvalue weighted by molar-refractivity contribution is 6.30. The number of carbonyl (C=O) groups is 1. The van der Waals surface area contributed by atoms with Crippen LogP contribution in [0, 0.1) is 0 Å². The molecule has 142 valence electrons. The van der Waals surface area contributed by atoms with Crippen LogP contribution in [0.15, 0.2) is 54.3 Å². The summed E-state index contributed by atoms with van der Waals surface area (Å²) in [7, 11) is 0. The quantitative estimate of drug-likeness (QED) is 0.722. The third-order valence-electron chi connectivity index (χ3n) is 4.76. The number of hydrogen-bond donors (Lipinski definition) is 2. The molecule has 27 heavy (non-hydrogen) atoms. The fourth-order valence-corrected chi connectivity index (χ4v) is 3.64. The maximum Gasteiger partial charge on any atom is 0.291 e. The number of aliphatic hydroxyl groups is 2. The second kappa shape index (κ2) is 7.93. The molecule has 2 N–H and O–H groups in total. The highest BCUT2D eigenvalue weighted by Crippen LogP contribution is 2.42. The topological polar surface area (TPSA) is 60.8 Å². The van der Waals surface area contributed by atoms with Crippen LogP contribution in [0.5, 0.6) is 0 Å². The van der Waals surface area contributed by atoms with Gasteiger partial charge in [0.15, 0.2) is 11.5 Å². The monoisotopic (exact) mass is 405 g/mol. The molecule has 1 heterocycles. The predicted octanol–water partition coefficient (Wildman–Crippen LogP) is 4.84. The molecule has 4 nitrogen and oxygen atoms in total. The predicted molar refractivity (Wildman–Crippen MR) is 108 cm³/mol. The number of amides is 1. The van der Waals surface area contributed by atoms with E-state index in [0.29, 0.717) is 22.2 Å². The van der Waals surface area contributed by atoms with Crippen LogP contribution in [0.1, 0.15) is 30.9 Å². The van der Waals surface area contributed by atoms with Gasteiger partial charge in [0, 0.05) is 23.0 Å². The summed E-state index contributed by atoms with van der Waals surface area (Å²) in [5.74, 6) is -0.991. The van der Waals surface area contributed by atoms with Crippen LogP contribution in [0.2, 0.25) is 10.0 Å². The zero-order valence-corrected chi connectivity index (χ0v) is 16.5. The molecule has 1 aliphatic rings. The second-order valence-corrected chi connectivity index (χ2v) is 7.53. The summed E-state index contributed by atoms with van der Waals surface area (Å²) in [5, 5.41) is 23.4. The number of hydrogen-bond acceptors (Lipinski definition) is 3. The van der Waals surface area contributed by atoms with E-state index in [2.05, 4.69) is 0 Å². The van der Waals surface area contributed by atoms with Crippen molar-refractivity contribution in [3.8, 4) is 0 Å². The normalized spacial score (nSPS) is 19.9. The summed E-state index contributed by atoms with van der Waals surface area (Å²) in [5.41, 5.74) is -0.0915. The number of benzene rings is 2. The van der Waals surface area contributed by atoms with Crippen LogP contribution in [-0.2, 0) is 11.2 Å². The third kappa shape index (κ3) is 3.84. The van der Waals surface area contributed by atoms with Crippen molar-refractivity contribution in [3.63, 3.8) is 0 Å². The van der Waals surface area contributed by atoms with Crippen LogP contribution >= 0.6 is 23.2 Å². The molecule has 0 aliphatic carbocycles. The van der Waals surface area contributed by atoms with Crippen molar-refractivity contribution in [1.29, 1.82) is 0 Å². The molecule has 1 unspecified atom stereocenters. The van der Waals surface area contributed by atoms with Gasteiger partial charge in [-0.15, -0.1) is 0 Å². The third-order valence-corrected chi connectivity index (χ3v) is 5.27. The molecule has 0 saturated heterocycles. The molecule has 0 bridgehead atoms. The summed E-state index contributed by atoms with van der Waals surface area (Å²) >= 11 is 11.9. The second-order valence-electron chi connectivity index (χ2n) is 6.66. The lowest BCUT2D eigenvalue weighted by Gasteiger charge is -2.36. The van der Waals surface area contributed by atoms with E-state index >= 15 is 0 Å². The summed E-state index contributed by atoms with van der Waals surface area (Å²) in [4.78, 5) is 14.1. The molecule has 2 aromatic rings. The molecule has 0 saturated carbocycles. The standard InChI is InChI=1S/C21H21Cl2NO3/c1-2-3-12-24-20(26)19(25)18(15-6-10-17(23)11-7-15)21(24,27)13-14-4-8-16(22)9-5-14/h4-11,25,27H,2-3,12-13H2,1H3. The smallest absolute Gasteiger partial charge is 0.291 e. The van der Waals surface area contributed by atoms with Gasteiger partial charge in [-0.2, -0.15) is 0 Å². The van der Waals surface area contributed by atoms with Crippen molar-refractivity contribution in [2.24, 2.45) is 0 Å². The molecule has 0 fully saturated rings.